The third-order valence-electron chi connectivity index (χ3n) is 8.58. The van der Waals surface area contributed by atoms with Crippen LogP contribution in [0.2, 0.25) is 0 Å². The van der Waals surface area contributed by atoms with E-state index in [-0.39, 0.29) is 43.0 Å². The van der Waals surface area contributed by atoms with Gasteiger partial charge in [-0.05, 0) is 28.7 Å². The topological polar surface area (TPSA) is 72.0 Å². The molecule has 3 N–H and O–H groups in total. The number of aliphatic hydroxyl groups excluding tert-OH is 1. The predicted octanol–water partition coefficient (Wildman–Crippen LogP) is 6.60. The molecule has 0 saturated carbocycles. The maximum Gasteiger partial charge on any atom is 0.113 e. The molecule has 0 radical (unpaired) electrons. The summed E-state index contributed by atoms with van der Waals surface area (Å²) in [6, 6.07) is 40.7. The molecule has 6 nitrogen and oxygen atoms in total. The van der Waals surface area contributed by atoms with Crippen LogP contribution in [0.4, 0.5) is 0 Å². The number of hydrogen-bond donors (Lipinski definition) is 3. The van der Waals surface area contributed by atoms with Crippen LogP contribution < -0.4 is 10.6 Å². The van der Waals surface area contributed by atoms with Crippen molar-refractivity contribution in [3.8, 4) is 0 Å². The van der Waals surface area contributed by atoms with Gasteiger partial charge >= 0.3 is 0 Å². The molecule has 1 heterocycles. The lowest BCUT2D eigenvalue weighted by molar-refractivity contribution is -0.153. The van der Waals surface area contributed by atoms with Crippen LogP contribution in [0.15, 0.2) is 121 Å². The Bertz CT molecular complexity index is 1340. The third kappa shape index (κ3) is 9.81. The molecule has 0 spiro atoms. The Hall–Kier alpha value is -3.36. The van der Waals surface area contributed by atoms with Gasteiger partial charge in [0.1, 0.15) is 12.2 Å². The van der Waals surface area contributed by atoms with E-state index in [2.05, 4.69) is 66.1 Å². The quantitative estimate of drug-likeness (QED) is 0.133. The molecule has 0 bridgehead atoms. The second kappa shape index (κ2) is 18.0. The van der Waals surface area contributed by atoms with E-state index in [1.807, 2.05) is 72.8 Å². The summed E-state index contributed by atoms with van der Waals surface area (Å²) in [4.78, 5) is 0. The Morgan fingerprint density at radius 1 is 0.689 bits per heavy atom. The summed E-state index contributed by atoms with van der Waals surface area (Å²) >= 11 is 0. The van der Waals surface area contributed by atoms with Crippen molar-refractivity contribution in [3.63, 3.8) is 0 Å². The zero-order valence-electron chi connectivity index (χ0n) is 26.3. The number of unbranched alkanes of at least 4 members (excludes halogenated alkanes) is 1. The second-order valence-electron chi connectivity index (χ2n) is 11.9. The van der Waals surface area contributed by atoms with Crippen molar-refractivity contribution in [2.75, 3.05) is 13.2 Å². The van der Waals surface area contributed by atoms with E-state index < -0.39 is 0 Å². The Kier molecular flexibility index (Phi) is 13.2. The predicted molar refractivity (Wildman–Crippen MR) is 180 cm³/mol. The lowest BCUT2D eigenvalue weighted by Crippen LogP contribution is -2.58. The number of rotatable bonds is 16. The Labute approximate surface area is 268 Å². The highest BCUT2D eigenvalue weighted by atomic mass is 16.6. The Balaban J connectivity index is 1.50. The van der Waals surface area contributed by atoms with Crippen LogP contribution in [0.3, 0.4) is 0 Å². The maximum atomic E-state index is 10.6. The largest absolute Gasteiger partial charge is 0.394 e. The molecule has 1 aliphatic heterocycles. The molecule has 5 rings (SSSR count). The minimum Gasteiger partial charge on any atom is -0.394 e. The van der Waals surface area contributed by atoms with Gasteiger partial charge < -0.3 is 30.0 Å². The molecule has 6 heteroatoms. The first-order valence-electron chi connectivity index (χ1n) is 16.4. The van der Waals surface area contributed by atoms with Crippen LogP contribution in [0.1, 0.15) is 54.5 Å². The summed E-state index contributed by atoms with van der Waals surface area (Å²) in [5.41, 5.74) is 4.36. The highest BCUT2D eigenvalue weighted by Gasteiger charge is 2.44. The lowest BCUT2D eigenvalue weighted by atomic mass is 9.92. The fourth-order valence-electron chi connectivity index (χ4n) is 6.11. The average molecular weight is 609 g/mol. The molecule has 4 aromatic carbocycles. The molecule has 1 saturated heterocycles. The number of aliphatic hydroxyl groups is 1. The van der Waals surface area contributed by atoms with Crippen molar-refractivity contribution >= 4 is 0 Å². The van der Waals surface area contributed by atoms with Gasteiger partial charge in [-0.1, -0.05) is 141 Å². The monoisotopic (exact) mass is 608 g/mol. The van der Waals surface area contributed by atoms with Crippen molar-refractivity contribution in [2.45, 2.75) is 82.4 Å². The highest BCUT2D eigenvalue weighted by molar-refractivity contribution is 5.20. The van der Waals surface area contributed by atoms with Gasteiger partial charge in [0, 0.05) is 12.6 Å². The number of benzene rings is 4. The van der Waals surface area contributed by atoms with Crippen molar-refractivity contribution in [1.82, 2.24) is 10.6 Å². The van der Waals surface area contributed by atoms with Gasteiger partial charge in [0.05, 0.1) is 44.6 Å². The van der Waals surface area contributed by atoms with Crippen molar-refractivity contribution < 1.29 is 19.3 Å². The van der Waals surface area contributed by atoms with Crippen molar-refractivity contribution in [3.05, 3.63) is 144 Å². The zero-order valence-corrected chi connectivity index (χ0v) is 26.3. The first-order chi connectivity index (χ1) is 22.2. The number of hydrogen-bond acceptors (Lipinski definition) is 6. The van der Waals surface area contributed by atoms with Crippen LogP contribution in [-0.4, -0.2) is 48.7 Å². The molecule has 1 fully saturated rings. The van der Waals surface area contributed by atoms with Gasteiger partial charge in [-0.2, -0.15) is 0 Å². The zero-order chi connectivity index (χ0) is 31.1. The number of nitrogens with one attached hydrogen (secondary N) is 2. The van der Waals surface area contributed by atoms with Gasteiger partial charge in [-0.15, -0.1) is 0 Å². The lowest BCUT2D eigenvalue weighted by Gasteiger charge is -2.39. The van der Waals surface area contributed by atoms with Crippen LogP contribution in [0.25, 0.3) is 0 Å². The molecule has 0 unspecified atom stereocenters. The Morgan fingerprint density at radius 2 is 1.18 bits per heavy atom. The van der Waals surface area contributed by atoms with E-state index in [0.29, 0.717) is 26.4 Å². The highest BCUT2D eigenvalue weighted by Crippen LogP contribution is 2.28. The molecule has 0 amide bonds. The van der Waals surface area contributed by atoms with E-state index in [1.165, 1.54) is 0 Å². The SMILES string of the molecule is CCCC[C@H]1NC[C@@H](OCc2ccccc2)[C@H](OCc2ccccc2)[C@@H](OCc2ccccc2)[C@@H]1N[C@@H](CO)c1ccccc1. The summed E-state index contributed by atoms with van der Waals surface area (Å²) in [5.74, 6) is 0. The third-order valence-corrected chi connectivity index (χ3v) is 8.58. The molecule has 1 aliphatic rings. The smallest absolute Gasteiger partial charge is 0.113 e. The van der Waals surface area contributed by atoms with Crippen LogP contribution in [0.5, 0.6) is 0 Å². The van der Waals surface area contributed by atoms with E-state index in [9.17, 15) is 5.11 Å². The van der Waals surface area contributed by atoms with Gasteiger partial charge in [-0.3, -0.25) is 0 Å². The van der Waals surface area contributed by atoms with Crippen molar-refractivity contribution in [2.24, 2.45) is 0 Å². The van der Waals surface area contributed by atoms with Crippen LogP contribution in [0, 0.1) is 0 Å². The average Bonchev–Trinajstić information content (AvgIpc) is 3.24. The number of ether oxygens (including phenoxy) is 3. The summed E-state index contributed by atoms with van der Waals surface area (Å²) in [7, 11) is 0. The first kappa shape index (κ1) is 33.0. The van der Waals surface area contributed by atoms with E-state index in [0.717, 1.165) is 41.5 Å². The summed E-state index contributed by atoms with van der Waals surface area (Å²) in [5, 5.41) is 18.4. The maximum absolute atomic E-state index is 10.6. The molecular weight excluding hydrogens is 560 g/mol. The molecule has 6 atom stereocenters. The van der Waals surface area contributed by atoms with Gasteiger partial charge in [0.25, 0.3) is 0 Å². The van der Waals surface area contributed by atoms with E-state index in [4.69, 9.17) is 14.2 Å². The summed E-state index contributed by atoms with van der Waals surface area (Å²) < 4.78 is 20.5. The standard InChI is InChI=1S/C39H48N2O4/c1-2-3-24-34-37(41-35(26-42)33-22-14-7-15-23-33)39(45-29-32-20-12-6-13-21-32)38(44-28-31-18-10-5-11-19-31)36(25-40-34)43-27-30-16-8-4-9-17-30/h4-23,34-42H,2-3,24-29H2,1H3/t34-,35+,36-,37-,38+,39+/m1/s1. The summed E-state index contributed by atoms with van der Waals surface area (Å²) in [6.07, 6.45) is 2.10. The first-order valence-corrected chi connectivity index (χ1v) is 16.4. The van der Waals surface area contributed by atoms with Crippen LogP contribution >= 0.6 is 0 Å². The molecule has 4 aromatic rings. The fraction of sp³-hybridized carbons (Fsp3) is 0.385. The van der Waals surface area contributed by atoms with Gasteiger partial charge in [0.15, 0.2) is 0 Å². The minimum atomic E-state index is -0.385. The summed E-state index contributed by atoms with van der Waals surface area (Å²) in [6.45, 7) is 4.17. The Morgan fingerprint density at radius 3 is 1.69 bits per heavy atom. The molecular formula is C39H48N2O4. The molecule has 238 valence electrons. The van der Waals surface area contributed by atoms with Crippen LogP contribution in [-0.2, 0) is 34.0 Å². The van der Waals surface area contributed by atoms with Crippen molar-refractivity contribution in [1.29, 1.82) is 0 Å². The molecule has 45 heavy (non-hydrogen) atoms. The fourth-order valence-corrected chi connectivity index (χ4v) is 6.11. The minimum absolute atomic E-state index is 0.0319. The van der Waals surface area contributed by atoms with E-state index in [1.54, 1.807) is 0 Å². The van der Waals surface area contributed by atoms with Gasteiger partial charge in [-0.25, -0.2) is 0 Å². The second-order valence-corrected chi connectivity index (χ2v) is 11.9. The normalized spacial score (nSPS) is 22.5. The molecule has 0 aliphatic carbocycles. The van der Waals surface area contributed by atoms with E-state index >= 15 is 0 Å². The van der Waals surface area contributed by atoms with Gasteiger partial charge in [0.2, 0.25) is 0 Å². The molecule has 0 aromatic heterocycles.